The van der Waals surface area contributed by atoms with E-state index in [9.17, 15) is 0 Å². The molecule has 0 radical (unpaired) electrons. The van der Waals surface area contributed by atoms with Gasteiger partial charge in [0.15, 0.2) is 0 Å². The maximum atomic E-state index is 4.30. The van der Waals surface area contributed by atoms with E-state index in [-0.39, 0.29) is 6.04 Å². The van der Waals surface area contributed by atoms with Gasteiger partial charge in [0.1, 0.15) is 0 Å². The molecule has 1 heterocycles. The molecule has 0 fully saturated rings. The number of hydrogen-bond donors (Lipinski definition) is 1. The van der Waals surface area contributed by atoms with Gasteiger partial charge >= 0.3 is 0 Å². The molecule has 0 aliphatic rings. The van der Waals surface area contributed by atoms with E-state index in [2.05, 4.69) is 67.4 Å². The number of benzene rings is 1. The van der Waals surface area contributed by atoms with Gasteiger partial charge in [0.05, 0.1) is 22.4 Å². The molecule has 1 unspecified atom stereocenters. The van der Waals surface area contributed by atoms with Crippen molar-refractivity contribution < 1.29 is 0 Å². The molecule has 0 aliphatic carbocycles. The van der Waals surface area contributed by atoms with Crippen LogP contribution in [0.2, 0.25) is 0 Å². The minimum atomic E-state index is 0.251. The van der Waals surface area contributed by atoms with Gasteiger partial charge in [-0.2, -0.15) is 5.10 Å². The summed E-state index contributed by atoms with van der Waals surface area (Å²) in [5.74, 6) is 0. The van der Waals surface area contributed by atoms with Crippen LogP contribution < -0.4 is 5.32 Å². The molecular weight excluding hydrogens is 370 g/mol. The molecule has 0 amide bonds. The van der Waals surface area contributed by atoms with Crippen molar-refractivity contribution in [1.29, 1.82) is 0 Å². The van der Waals surface area contributed by atoms with Gasteiger partial charge in [0, 0.05) is 11.5 Å². The Bertz CT molecular complexity index is 532. The molecule has 5 heteroatoms. The maximum Gasteiger partial charge on any atom is 0.0695 e. The molecule has 3 nitrogen and oxygen atoms in total. The SMILES string of the molecule is CCNC(Cc1cccc(Br)c1)c1c(Br)cnn1C. The number of aromatic nitrogens is 2. The Morgan fingerprint density at radius 2 is 2.16 bits per heavy atom. The van der Waals surface area contributed by atoms with Crippen molar-refractivity contribution in [2.45, 2.75) is 19.4 Å². The first-order valence-electron chi connectivity index (χ1n) is 6.27. The fourth-order valence-electron chi connectivity index (χ4n) is 2.22. The van der Waals surface area contributed by atoms with E-state index in [1.54, 1.807) is 0 Å². The van der Waals surface area contributed by atoms with E-state index in [0.717, 1.165) is 21.9 Å². The Kier molecular flexibility index (Phi) is 5.19. The lowest BCUT2D eigenvalue weighted by Crippen LogP contribution is -2.25. The highest BCUT2D eigenvalue weighted by Gasteiger charge is 2.18. The van der Waals surface area contributed by atoms with E-state index in [1.807, 2.05) is 24.0 Å². The van der Waals surface area contributed by atoms with Crippen molar-refractivity contribution in [2.24, 2.45) is 7.05 Å². The molecule has 19 heavy (non-hydrogen) atoms. The Labute approximate surface area is 130 Å². The average molecular weight is 387 g/mol. The predicted molar refractivity (Wildman–Crippen MR) is 85.2 cm³/mol. The second-order valence-corrected chi connectivity index (χ2v) is 6.22. The van der Waals surface area contributed by atoms with Crippen LogP contribution in [0.15, 0.2) is 39.4 Å². The molecule has 102 valence electrons. The third-order valence-electron chi connectivity index (χ3n) is 3.05. The molecule has 2 rings (SSSR count). The van der Waals surface area contributed by atoms with E-state index in [0.29, 0.717) is 0 Å². The zero-order valence-corrected chi connectivity index (χ0v) is 14.2. The predicted octanol–water partition coefficient (Wildman–Crippen LogP) is 3.84. The number of nitrogens with zero attached hydrogens (tertiary/aromatic N) is 2. The third-order valence-corrected chi connectivity index (χ3v) is 4.15. The van der Waals surface area contributed by atoms with Gasteiger partial charge in [-0.15, -0.1) is 0 Å². The lowest BCUT2D eigenvalue weighted by atomic mass is 10.0. The van der Waals surface area contributed by atoms with E-state index in [1.165, 1.54) is 11.3 Å². The Hall–Kier alpha value is -0.650. The summed E-state index contributed by atoms with van der Waals surface area (Å²) in [6, 6.07) is 8.68. The molecule has 1 atom stereocenters. The average Bonchev–Trinajstić information content (AvgIpc) is 2.69. The summed E-state index contributed by atoms with van der Waals surface area (Å²) in [6.45, 7) is 3.05. The Balaban J connectivity index is 2.26. The van der Waals surface area contributed by atoms with Crippen LogP contribution in [0, 0.1) is 0 Å². The summed E-state index contributed by atoms with van der Waals surface area (Å²) >= 11 is 7.10. The van der Waals surface area contributed by atoms with Gasteiger partial charge in [0.2, 0.25) is 0 Å². The van der Waals surface area contributed by atoms with E-state index >= 15 is 0 Å². The van der Waals surface area contributed by atoms with Crippen molar-refractivity contribution in [1.82, 2.24) is 15.1 Å². The van der Waals surface area contributed by atoms with Gasteiger partial charge in [-0.3, -0.25) is 4.68 Å². The molecule has 0 bridgehead atoms. The first kappa shape index (κ1) is 14.8. The number of rotatable bonds is 5. The number of likely N-dealkylation sites (N-methyl/N-ethyl adjacent to an activating group) is 1. The highest BCUT2D eigenvalue weighted by atomic mass is 79.9. The van der Waals surface area contributed by atoms with Crippen LogP contribution in [-0.2, 0) is 13.5 Å². The molecule has 1 N–H and O–H groups in total. The standard InChI is InChI=1S/C14H17Br2N3/c1-3-17-13(14-12(16)9-18-19(14)2)8-10-5-4-6-11(15)7-10/h4-7,9,13,17H,3,8H2,1-2H3. The summed E-state index contributed by atoms with van der Waals surface area (Å²) < 4.78 is 4.09. The fourth-order valence-corrected chi connectivity index (χ4v) is 3.29. The lowest BCUT2D eigenvalue weighted by molar-refractivity contribution is 0.506. The number of halogens is 2. The van der Waals surface area contributed by atoms with Crippen molar-refractivity contribution >= 4 is 31.9 Å². The van der Waals surface area contributed by atoms with Gasteiger partial charge in [-0.25, -0.2) is 0 Å². The topological polar surface area (TPSA) is 29.9 Å². The van der Waals surface area contributed by atoms with Crippen LogP contribution in [0.5, 0.6) is 0 Å². The van der Waals surface area contributed by atoms with Gasteiger partial charge < -0.3 is 5.32 Å². The maximum absolute atomic E-state index is 4.30. The van der Waals surface area contributed by atoms with Gasteiger partial charge in [-0.05, 0) is 46.6 Å². The lowest BCUT2D eigenvalue weighted by Gasteiger charge is -2.19. The van der Waals surface area contributed by atoms with Crippen LogP contribution >= 0.6 is 31.9 Å². The molecule has 1 aromatic heterocycles. The molecule has 0 saturated heterocycles. The summed E-state index contributed by atoms with van der Waals surface area (Å²) in [4.78, 5) is 0. The third kappa shape index (κ3) is 3.68. The Morgan fingerprint density at radius 3 is 2.74 bits per heavy atom. The molecule has 1 aromatic carbocycles. The minimum absolute atomic E-state index is 0.251. The van der Waals surface area contributed by atoms with Crippen molar-refractivity contribution in [2.75, 3.05) is 6.54 Å². The van der Waals surface area contributed by atoms with E-state index < -0.39 is 0 Å². The van der Waals surface area contributed by atoms with Crippen molar-refractivity contribution in [3.63, 3.8) is 0 Å². The first-order chi connectivity index (χ1) is 9.11. The minimum Gasteiger partial charge on any atom is -0.309 e. The molecule has 0 aliphatic heterocycles. The highest BCUT2D eigenvalue weighted by Crippen LogP contribution is 2.26. The van der Waals surface area contributed by atoms with Gasteiger partial charge in [-0.1, -0.05) is 35.0 Å². The number of nitrogens with one attached hydrogen (secondary N) is 1. The summed E-state index contributed by atoms with van der Waals surface area (Å²) in [7, 11) is 1.98. The summed E-state index contributed by atoms with van der Waals surface area (Å²) in [5, 5.41) is 7.83. The zero-order valence-electron chi connectivity index (χ0n) is 11.0. The first-order valence-corrected chi connectivity index (χ1v) is 7.85. The van der Waals surface area contributed by atoms with Crippen LogP contribution in [0.25, 0.3) is 0 Å². The van der Waals surface area contributed by atoms with Crippen LogP contribution in [-0.4, -0.2) is 16.3 Å². The number of aryl methyl sites for hydroxylation is 1. The van der Waals surface area contributed by atoms with Crippen LogP contribution in [0.1, 0.15) is 24.2 Å². The monoisotopic (exact) mass is 385 g/mol. The van der Waals surface area contributed by atoms with Crippen LogP contribution in [0.4, 0.5) is 0 Å². The van der Waals surface area contributed by atoms with Gasteiger partial charge in [0.25, 0.3) is 0 Å². The van der Waals surface area contributed by atoms with Crippen molar-refractivity contribution in [3.8, 4) is 0 Å². The largest absolute Gasteiger partial charge is 0.309 e. The second-order valence-electron chi connectivity index (χ2n) is 4.45. The molecule has 2 aromatic rings. The van der Waals surface area contributed by atoms with Crippen LogP contribution in [0.3, 0.4) is 0 Å². The number of hydrogen-bond acceptors (Lipinski definition) is 2. The fraction of sp³-hybridized carbons (Fsp3) is 0.357. The Morgan fingerprint density at radius 1 is 1.37 bits per heavy atom. The zero-order chi connectivity index (χ0) is 13.8. The molecule has 0 saturated carbocycles. The molecular formula is C14H17Br2N3. The summed E-state index contributed by atoms with van der Waals surface area (Å²) in [6.07, 6.45) is 2.78. The normalized spacial score (nSPS) is 12.6. The van der Waals surface area contributed by atoms with Crippen molar-refractivity contribution in [3.05, 3.63) is 50.7 Å². The van der Waals surface area contributed by atoms with E-state index in [4.69, 9.17) is 0 Å². The quantitative estimate of drug-likeness (QED) is 0.845. The molecule has 0 spiro atoms. The smallest absolute Gasteiger partial charge is 0.0695 e. The summed E-state index contributed by atoms with van der Waals surface area (Å²) in [5.41, 5.74) is 2.48. The second kappa shape index (κ2) is 6.68. The highest BCUT2D eigenvalue weighted by molar-refractivity contribution is 9.10.